The van der Waals surface area contributed by atoms with E-state index in [1.54, 1.807) is 30.6 Å². The quantitative estimate of drug-likeness (QED) is 0.0500. The highest BCUT2D eigenvalue weighted by atomic mass is 19.2. The molecule has 0 fully saturated rings. The first-order valence-corrected chi connectivity index (χ1v) is 17.6. The van der Waals surface area contributed by atoms with Crippen molar-refractivity contribution in [1.29, 1.82) is 0 Å². The molecule has 0 atom stereocenters. The van der Waals surface area contributed by atoms with E-state index in [1.165, 1.54) is 6.07 Å². The molecule has 0 bridgehead atoms. The molecule has 0 aliphatic carbocycles. The largest absolute Gasteiger partial charge is 0.401 e. The predicted octanol–water partition coefficient (Wildman–Crippen LogP) is 9.19. The van der Waals surface area contributed by atoms with Crippen LogP contribution in [-0.4, -0.2) is 11.1 Å². The summed E-state index contributed by atoms with van der Waals surface area (Å²) in [5.74, 6) is -71.1. The Bertz CT molecular complexity index is 2680. The summed E-state index contributed by atoms with van der Waals surface area (Å²) < 4.78 is 315. The van der Waals surface area contributed by atoms with Gasteiger partial charge in [0.25, 0.3) is 0 Å². The van der Waals surface area contributed by atoms with Crippen molar-refractivity contribution in [3.8, 4) is 11.6 Å². The molecule has 25 heteroatoms. The van der Waals surface area contributed by atoms with Gasteiger partial charge in [-0.3, -0.25) is 0 Å². The highest BCUT2D eigenvalue weighted by Crippen LogP contribution is 2.31. The van der Waals surface area contributed by atoms with E-state index in [1.807, 2.05) is 41.1 Å². The van der Waals surface area contributed by atoms with Crippen LogP contribution in [-0.2, 0) is 6.54 Å². The standard InChI is InChI=1S/C24BF20.C17H14FN2O/c26-5-1(6(27)14(35)21(42)13(5)34)25(2-7(28)15(36)22(43)16(37)8(2)29,3-9(30)17(38)23(44)18(39)10(3)31)4-11(32)19(40)24(45)20(41)12(4)33;18-15-8-4-5-9-16(15)21-17-12-19-10-11-20(17)13-14-6-2-1-3-7-14/h;1-12H,13H2/q-1;+1. The third kappa shape index (κ3) is 7.78. The van der Waals surface area contributed by atoms with Gasteiger partial charge in [0, 0.05) is 5.56 Å². The van der Waals surface area contributed by atoms with E-state index in [4.69, 9.17) is 4.74 Å². The van der Waals surface area contributed by atoms with Crippen LogP contribution in [0.25, 0.3) is 0 Å². The third-order valence-electron chi connectivity index (χ3n) is 9.75. The molecule has 7 aromatic rings. The van der Waals surface area contributed by atoms with Crippen molar-refractivity contribution in [3.05, 3.63) is 201 Å². The Kier molecular flexibility index (Phi) is 13.4. The number of rotatable bonds is 8. The van der Waals surface area contributed by atoms with Crippen LogP contribution in [0.4, 0.5) is 92.2 Å². The maximum Gasteiger partial charge on any atom is 0.392 e. The number of hydrogen-bond acceptors (Lipinski definition) is 2. The van der Waals surface area contributed by atoms with Crippen LogP contribution in [0.1, 0.15) is 5.56 Å². The molecule has 0 aliphatic rings. The summed E-state index contributed by atoms with van der Waals surface area (Å²) in [6.07, 6.45) is -2.15. The van der Waals surface area contributed by atoms with Gasteiger partial charge < -0.3 is 4.74 Å². The first kappa shape index (κ1) is 48.3. The van der Waals surface area contributed by atoms with Gasteiger partial charge in [0.2, 0.25) is 0 Å². The SMILES string of the molecule is Fc1c(F)c(F)c([B-](c2c(F)c(F)c(F)c(F)c2F)(c2c(F)c(F)c(F)c(F)c2F)c2c(F)c(F)c(F)c(F)c2F)c(F)c1F.Fc1ccccc1Oc1cncc[n+]1Cc1ccccc1. The average molecular weight is 960 g/mol. The van der Waals surface area contributed by atoms with Crippen molar-refractivity contribution in [2.45, 2.75) is 6.54 Å². The molecule has 0 saturated heterocycles. The van der Waals surface area contributed by atoms with Gasteiger partial charge in [0.05, 0.1) is 6.20 Å². The summed E-state index contributed by atoms with van der Waals surface area (Å²) >= 11 is 0. The summed E-state index contributed by atoms with van der Waals surface area (Å²) in [5.41, 5.74) is -13.2. The van der Waals surface area contributed by atoms with Gasteiger partial charge in [-0.15, -0.1) is 21.9 Å². The first-order chi connectivity index (χ1) is 31.0. The minimum atomic E-state index is -7.22. The molecule has 0 aliphatic heterocycles. The van der Waals surface area contributed by atoms with E-state index in [0.717, 1.165) is 5.56 Å². The van der Waals surface area contributed by atoms with Crippen molar-refractivity contribution in [1.82, 2.24) is 4.98 Å². The van der Waals surface area contributed by atoms with Gasteiger partial charge >= 0.3 is 5.88 Å². The fraction of sp³-hybridized carbons (Fsp3) is 0.0244. The molecule has 0 radical (unpaired) electrons. The molecular formula is C41H14BF21N2O. The zero-order valence-electron chi connectivity index (χ0n) is 31.5. The number of halogens is 21. The molecule has 0 spiro atoms. The van der Waals surface area contributed by atoms with Crippen LogP contribution >= 0.6 is 0 Å². The normalized spacial score (nSPS) is 11.5. The second-order valence-corrected chi connectivity index (χ2v) is 13.4. The van der Waals surface area contributed by atoms with Crippen molar-refractivity contribution in [2.75, 3.05) is 0 Å². The van der Waals surface area contributed by atoms with Gasteiger partial charge in [-0.05, 0) is 12.1 Å². The number of ether oxygens (including phenoxy) is 1. The smallest absolute Gasteiger partial charge is 0.392 e. The second-order valence-electron chi connectivity index (χ2n) is 13.4. The van der Waals surface area contributed by atoms with Gasteiger partial charge in [0.15, 0.2) is 94.1 Å². The molecule has 344 valence electrons. The van der Waals surface area contributed by atoms with E-state index in [0.29, 0.717) is 12.4 Å². The lowest BCUT2D eigenvalue weighted by atomic mass is 9.12. The van der Waals surface area contributed by atoms with Crippen molar-refractivity contribution >= 4 is 28.0 Å². The Labute approximate surface area is 353 Å². The summed E-state index contributed by atoms with van der Waals surface area (Å²) in [6, 6.07) is 16.3. The van der Waals surface area contributed by atoms with Crippen LogP contribution in [0.3, 0.4) is 0 Å². The van der Waals surface area contributed by atoms with E-state index in [9.17, 15) is 57.1 Å². The van der Waals surface area contributed by atoms with Crippen LogP contribution in [0.2, 0.25) is 0 Å². The minimum absolute atomic E-state index is 0.187. The topological polar surface area (TPSA) is 26.0 Å². The molecule has 0 amide bonds. The van der Waals surface area contributed by atoms with Crippen LogP contribution < -0.4 is 31.2 Å². The van der Waals surface area contributed by atoms with E-state index < -0.39 is 150 Å². The van der Waals surface area contributed by atoms with Gasteiger partial charge in [-0.25, -0.2) is 97.2 Å². The lowest BCUT2D eigenvalue weighted by Crippen LogP contribution is -2.81. The maximum absolute atomic E-state index is 15.4. The van der Waals surface area contributed by atoms with Crippen molar-refractivity contribution in [2.24, 2.45) is 0 Å². The molecule has 66 heavy (non-hydrogen) atoms. The van der Waals surface area contributed by atoms with Crippen molar-refractivity contribution in [3.63, 3.8) is 0 Å². The zero-order chi connectivity index (χ0) is 48.8. The summed E-state index contributed by atoms with van der Waals surface area (Å²) in [7, 11) is 0. The first-order valence-electron chi connectivity index (χ1n) is 17.6. The molecule has 0 saturated carbocycles. The van der Waals surface area contributed by atoms with Crippen LogP contribution in [0.15, 0.2) is 73.2 Å². The second kappa shape index (κ2) is 18.3. The Morgan fingerprint density at radius 1 is 0.379 bits per heavy atom. The number of hydrogen-bond donors (Lipinski definition) is 0. The average Bonchev–Trinajstić information content (AvgIpc) is 3.30. The Morgan fingerprint density at radius 2 is 0.682 bits per heavy atom. The minimum Gasteiger partial charge on any atom is -0.401 e. The van der Waals surface area contributed by atoms with Gasteiger partial charge in [0.1, 0.15) is 58.9 Å². The molecule has 6 aromatic carbocycles. The summed E-state index contributed by atoms with van der Waals surface area (Å²) in [4.78, 5) is 4.04. The Hall–Kier alpha value is -7.21. The molecule has 0 unspecified atom stereocenters. The van der Waals surface area contributed by atoms with Crippen molar-refractivity contribution < 1.29 is 102 Å². The van der Waals surface area contributed by atoms with E-state index in [2.05, 4.69) is 4.98 Å². The lowest BCUT2D eigenvalue weighted by molar-refractivity contribution is -0.692. The number of para-hydroxylation sites is 1. The zero-order valence-corrected chi connectivity index (χ0v) is 31.5. The summed E-state index contributed by atoms with van der Waals surface area (Å²) in [6.45, 7) is 0.632. The number of aromatic nitrogens is 2. The van der Waals surface area contributed by atoms with Gasteiger partial charge in [-0.1, -0.05) is 42.5 Å². The predicted molar refractivity (Wildman–Crippen MR) is 186 cm³/mol. The Balaban J connectivity index is 0.000000284. The van der Waals surface area contributed by atoms with Gasteiger partial charge in [-0.2, -0.15) is 4.57 Å². The molecule has 3 nitrogen and oxygen atoms in total. The molecule has 7 rings (SSSR count). The molecule has 1 aromatic heterocycles. The number of nitrogens with zero attached hydrogens (tertiary/aromatic N) is 2. The Morgan fingerprint density at radius 3 is 1.02 bits per heavy atom. The molecular weight excluding hydrogens is 946 g/mol. The fourth-order valence-electron chi connectivity index (χ4n) is 6.88. The van der Waals surface area contributed by atoms with E-state index >= 15 is 35.1 Å². The fourth-order valence-corrected chi connectivity index (χ4v) is 6.88. The monoisotopic (exact) mass is 960 g/mol. The highest BCUT2D eigenvalue weighted by molar-refractivity contribution is 7.20. The number of benzene rings is 6. The molecule has 0 N–H and O–H groups in total. The van der Waals surface area contributed by atoms with Crippen LogP contribution in [0, 0.1) is 122 Å². The maximum atomic E-state index is 15.4. The summed E-state index contributed by atoms with van der Waals surface area (Å²) in [5, 5.41) is 0. The van der Waals surface area contributed by atoms with E-state index in [-0.39, 0.29) is 5.75 Å². The highest BCUT2D eigenvalue weighted by Gasteiger charge is 2.52. The molecule has 1 heterocycles. The van der Waals surface area contributed by atoms with Crippen LogP contribution in [0.5, 0.6) is 11.6 Å². The third-order valence-corrected chi connectivity index (χ3v) is 9.75. The lowest BCUT2D eigenvalue weighted by Gasteiger charge is -2.44.